The summed E-state index contributed by atoms with van der Waals surface area (Å²) < 4.78 is 13.2. The van der Waals surface area contributed by atoms with Gasteiger partial charge >= 0.3 is 0 Å². The molecule has 2 aromatic heterocycles. The van der Waals surface area contributed by atoms with Gasteiger partial charge in [-0.05, 0) is 55.3 Å². The van der Waals surface area contributed by atoms with Crippen molar-refractivity contribution in [2.45, 2.75) is 27.0 Å². The Labute approximate surface area is 206 Å². The Morgan fingerprint density at radius 1 is 1.03 bits per heavy atom. The summed E-state index contributed by atoms with van der Waals surface area (Å²) in [6.07, 6.45) is 0. The summed E-state index contributed by atoms with van der Waals surface area (Å²) >= 11 is 18.2. The number of ether oxygens (including phenoxy) is 1. The van der Waals surface area contributed by atoms with Crippen LogP contribution in [-0.2, 0) is 13.2 Å². The number of rotatable bonds is 7. The van der Waals surface area contributed by atoms with Crippen molar-refractivity contribution in [1.29, 1.82) is 0 Å². The third kappa shape index (κ3) is 5.53. The average Bonchev–Trinajstić information content (AvgIpc) is 3.37. The van der Waals surface area contributed by atoms with Gasteiger partial charge < -0.3 is 14.5 Å². The van der Waals surface area contributed by atoms with Crippen LogP contribution >= 0.6 is 34.8 Å². The normalized spacial score (nSPS) is 10.9. The molecule has 2 aromatic carbocycles. The number of nitrogens with zero attached hydrogens (tertiary/aromatic N) is 2. The molecule has 4 rings (SSSR count). The minimum absolute atomic E-state index is 0.148. The SMILES string of the molecule is Cc1cccc(Cl)c1OCc1ccc(C(=O)Nc2cc(C)n(Cc3ccc(Cl)c(Cl)c3)n2)o1. The standard InChI is InChI=1S/C24H20Cl3N3O3/c1-14-4-3-5-19(26)23(14)32-13-17-7-9-21(33-17)24(31)28-22-10-15(2)30(29-22)12-16-6-8-18(25)20(27)11-16/h3-11H,12-13H2,1-2H3,(H,28,29,31). The van der Waals surface area contributed by atoms with Gasteiger partial charge in [0.25, 0.3) is 5.91 Å². The Morgan fingerprint density at radius 3 is 2.61 bits per heavy atom. The predicted octanol–water partition coefficient (Wildman–Crippen LogP) is 6.93. The summed E-state index contributed by atoms with van der Waals surface area (Å²) in [6, 6.07) is 16.0. The quantitative estimate of drug-likeness (QED) is 0.296. The van der Waals surface area contributed by atoms with Crippen molar-refractivity contribution in [2.75, 3.05) is 5.32 Å². The van der Waals surface area contributed by atoms with Crippen LogP contribution < -0.4 is 10.1 Å². The molecule has 0 radical (unpaired) electrons. The van der Waals surface area contributed by atoms with Crippen LogP contribution in [0.25, 0.3) is 0 Å². The molecular formula is C24H20Cl3N3O3. The Kier molecular flexibility index (Phi) is 6.98. The van der Waals surface area contributed by atoms with Crippen molar-refractivity contribution < 1.29 is 13.9 Å². The van der Waals surface area contributed by atoms with Gasteiger partial charge in [-0.25, -0.2) is 0 Å². The van der Waals surface area contributed by atoms with Crippen molar-refractivity contribution >= 4 is 46.5 Å². The van der Waals surface area contributed by atoms with E-state index >= 15 is 0 Å². The van der Waals surface area contributed by atoms with Gasteiger partial charge in [-0.15, -0.1) is 0 Å². The average molecular weight is 505 g/mol. The van der Waals surface area contributed by atoms with Crippen molar-refractivity contribution in [3.63, 3.8) is 0 Å². The van der Waals surface area contributed by atoms with Crippen molar-refractivity contribution in [2.24, 2.45) is 0 Å². The highest BCUT2D eigenvalue weighted by Gasteiger charge is 2.15. The van der Waals surface area contributed by atoms with E-state index in [0.29, 0.717) is 38.9 Å². The van der Waals surface area contributed by atoms with Gasteiger partial charge in [0, 0.05) is 11.8 Å². The Bertz CT molecular complexity index is 1290. The van der Waals surface area contributed by atoms with E-state index in [1.807, 2.05) is 32.0 Å². The van der Waals surface area contributed by atoms with Crippen molar-refractivity contribution in [3.05, 3.63) is 98.0 Å². The summed E-state index contributed by atoms with van der Waals surface area (Å²) in [5, 5.41) is 8.71. The van der Waals surface area contributed by atoms with Crippen molar-refractivity contribution in [1.82, 2.24) is 9.78 Å². The number of hydrogen-bond donors (Lipinski definition) is 1. The first-order valence-electron chi connectivity index (χ1n) is 10.1. The number of nitrogens with one attached hydrogen (secondary N) is 1. The number of carbonyl (C=O) groups is 1. The predicted molar refractivity (Wildman–Crippen MR) is 130 cm³/mol. The minimum atomic E-state index is -0.408. The maximum absolute atomic E-state index is 12.6. The third-order valence-electron chi connectivity index (χ3n) is 4.95. The second kappa shape index (κ2) is 9.91. The molecule has 0 saturated carbocycles. The van der Waals surface area contributed by atoms with Crippen LogP contribution in [0.2, 0.25) is 15.1 Å². The van der Waals surface area contributed by atoms with Gasteiger partial charge in [0.05, 0.1) is 21.6 Å². The number of furan rings is 1. The number of amides is 1. The van der Waals surface area contributed by atoms with Gasteiger partial charge in [0.2, 0.25) is 0 Å². The van der Waals surface area contributed by atoms with E-state index in [1.165, 1.54) is 0 Å². The van der Waals surface area contributed by atoms with E-state index in [4.69, 9.17) is 44.0 Å². The summed E-state index contributed by atoms with van der Waals surface area (Å²) in [6.45, 7) is 4.45. The molecule has 0 bridgehead atoms. The second-order valence-electron chi connectivity index (χ2n) is 7.47. The summed E-state index contributed by atoms with van der Waals surface area (Å²) in [5.41, 5.74) is 2.73. The number of aryl methyl sites for hydroxylation is 2. The smallest absolute Gasteiger partial charge is 0.292 e. The molecule has 170 valence electrons. The lowest BCUT2D eigenvalue weighted by atomic mass is 10.2. The molecule has 4 aromatic rings. The summed E-state index contributed by atoms with van der Waals surface area (Å²) in [5.74, 6) is 1.25. The molecule has 0 aliphatic heterocycles. The van der Waals surface area contributed by atoms with Crippen LogP contribution in [0.15, 0.2) is 59.0 Å². The van der Waals surface area contributed by atoms with Crippen LogP contribution in [0.1, 0.15) is 33.1 Å². The molecule has 0 unspecified atom stereocenters. The van der Waals surface area contributed by atoms with Gasteiger partial charge in [0.1, 0.15) is 18.1 Å². The Morgan fingerprint density at radius 2 is 1.85 bits per heavy atom. The number of anilines is 1. The zero-order valence-electron chi connectivity index (χ0n) is 17.9. The summed E-state index contributed by atoms with van der Waals surface area (Å²) in [7, 11) is 0. The second-order valence-corrected chi connectivity index (χ2v) is 8.69. The van der Waals surface area contributed by atoms with Crippen LogP contribution in [0.3, 0.4) is 0 Å². The monoisotopic (exact) mass is 503 g/mol. The largest absolute Gasteiger partial charge is 0.484 e. The lowest BCUT2D eigenvalue weighted by Gasteiger charge is -2.09. The molecule has 0 saturated heterocycles. The van der Waals surface area contributed by atoms with Crippen molar-refractivity contribution in [3.8, 4) is 5.75 Å². The highest BCUT2D eigenvalue weighted by Crippen LogP contribution is 2.29. The highest BCUT2D eigenvalue weighted by atomic mass is 35.5. The molecule has 0 aliphatic carbocycles. The molecule has 0 fully saturated rings. The number of halogens is 3. The van der Waals surface area contributed by atoms with Crippen LogP contribution in [0, 0.1) is 13.8 Å². The molecule has 1 amide bonds. The number of benzene rings is 2. The Balaban J connectivity index is 1.39. The molecule has 0 atom stereocenters. The molecule has 1 N–H and O–H groups in total. The molecule has 0 aliphatic rings. The maximum Gasteiger partial charge on any atom is 0.292 e. The minimum Gasteiger partial charge on any atom is -0.484 e. The lowest BCUT2D eigenvalue weighted by molar-refractivity contribution is 0.0992. The van der Waals surface area contributed by atoms with E-state index in [2.05, 4.69) is 10.4 Å². The topological polar surface area (TPSA) is 69.3 Å². The number of carbonyl (C=O) groups excluding carboxylic acids is 1. The van der Waals surface area contributed by atoms with E-state index in [1.54, 1.807) is 41.1 Å². The van der Waals surface area contributed by atoms with E-state index < -0.39 is 5.91 Å². The van der Waals surface area contributed by atoms with Gasteiger partial charge in [-0.2, -0.15) is 5.10 Å². The third-order valence-corrected chi connectivity index (χ3v) is 5.98. The fraction of sp³-hybridized carbons (Fsp3) is 0.167. The van der Waals surface area contributed by atoms with E-state index in [-0.39, 0.29) is 12.4 Å². The molecule has 33 heavy (non-hydrogen) atoms. The van der Waals surface area contributed by atoms with Gasteiger partial charge in [-0.3, -0.25) is 9.48 Å². The fourth-order valence-corrected chi connectivity index (χ4v) is 3.84. The fourth-order valence-electron chi connectivity index (χ4n) is 3.24. The first kappa shape index (κ1) is 23.2. The van der Waals surface area contributed by atoms with Gasteiger partial charge in [-0.1, -0.05) is 53.0 Å². The molecule has 0 spiro atoms. The zero-order chi connectivity index (χ0) is 23.5. The lowest BCUT2D eigenvalue weighted by Crippen LogP contribution is -2.12. The van der Waals surface area contributed by atoms with Crippen LogP contribution in [0.4, 0.5) is 5.82 Å². The summed E-state index contributed by atoms with van der Waals surface area (Å²) in [4.78, 5) is 12.6. The van der Waals surface area contributed by atoms with E-state index in [9.17, 15) is 4.79 Å². The zero-order valence-corrected chi connectivity index (χ0v) is 20.1. The Hall–Kier alpha value is -2.93. The van der Waals surface area contributed by atoms with E-state index in [0.717, 1.165) is 16.8 Å². The molecule has 2 heterocycles. The van der Waals surface area contributed by atoms with Crippen LogP contribution in [-0.4, -0.2) is 15.7 Å². The molecule has 9 heteroatoms. The number of hydrogen-bond acceptors (Lipinski definition) is 4. The molecular weight excluding hydrogens is 485 g/mol. The first-order valence-corrected chi connectivity index (χ1v) is 11.2. The number of aromatic nitrogens is 2. The maximum atomic E-state index is 12.6. The molecule has 6 nitrogen and oxygen atoms in total. The highest BCUT2D eigenvalue weighted by molar-refractivity contribution is 6.42. The number of para-hydroxylation sites is 1. The van der Waals surface area contributed by atoms with Crippen LogP contribution in [0.5, 0.6) is 5.75 Å². The van der Waals surface area contributed by atoms with Gasteiger partial charge in [0.15, 0.2) is 11.6 Å². The first-order chi connectivity index (χ1) is 15.8.